The van der Waals surface area contributed by atoms with E-state index in [9.17, 15) is 22.4 Å². The standard InChI is InChI=1S/C14H8F4O/c15-10-4-2-1-3-8(10)7-13(19)9-5-11(16)14(18)12(17)6-9/h1-6H,7H2. The summed E-state index contributed by atoms with van der Waals surface area (Å²) < 4.78 is 52.0. The second-order valence-corrected chi connectivity index (χ2v) is 3.95. The van der Waals surface area contributed by atoms with E-state index in [1.165, 1.54) is 24.3 Å². The molecule has 0 radical (unpaired) electrons. The van der Waals surface area contributed by atoms with Crippen molar-refractivity contribution in [1.29, 1.82) is 0 Å². The van der Waals surface area contributed by atoms with Crippen molar-refractivity contribution in [2.45, 2.75) is 6.42 Å². The Morgan fingerprint density at radius 2 is 1.47 bits per heavy atom. The van der Waals surface area contributed by atoms with Crippen LogP contribution in [-0.2, 0) is 6.42 Å². The first-order chi connectivity index (χ1) is 8.99. The SMILES string of the molecule is O=C(Cc1ccccc1F)c1cc(F)c(F)c(F)c1. The molecule has 0 atom stereocenters. The van der Waals surface area contributed by atoms with Crippen molar-refractivity contribution in [3.63, 3.8) is 0 Å². The van der Waals surface area contributed by atoms with Crippen LogP contribution in [0.25, 0.3) is 0 Å². The summed E-state index contributed by atoms with van der Waals surface area (Å²) in [4.78, 5) is 11.8. The summed E-state index contributed by atoms with van der Waals surface area (Å²) in [7, 11) is 0. The molecule has 0 aliphatic heterocycles. The van der Waals surface area contributed by atoms with E-state index in [0.29, 0.717) is 12.1 Å². The van der Waals surface area contributed by atoms with E-state index in [4.69, 9.17) is 0 Å². The number of hydrogen-bond acceptors (Lipinski definition) is 1. The molecule has 2 aromatic rings. The van der Waals surface area contributed by atoms with Gasteiger partial charge in [-0.2, -0.15) is 0 Å². The average molecular weight is 268 g/mol. The van der Waals surface area contributed by atoms with Crippen molar-refractivity contribution in [3.05, 3.63) is 70.8 Å². The van der Waals surface area contributed by atoms with Gasteiger partial charge in [0.05, 0.1) is 0 Å². The molecule has 0 aliphatic rings. The highest BCUT2D eigenvalue weighted by atomic mass is 19.2. The molecule has 0 aliphatic carbocycles. The van der Waals surface area contributed by atoms with E-state index in [-0.39, 0.29) is 17.5 Å². The Kier molecular flexibility index (Phi) is 3.64. The molecule has 5 heteroatoms. The number of benzene rings is 2. The zero-order chi connectivity index (χ0) is 14.0. The summed E-state index contributed by atoms with van der Waals surface area (Å²) in [6.07, 6.45) is -0.350. The lowest BCUT2D eigenvalue weighted by atomic mass is 10.0. The highest BCUT2D eigenvalue weighted by Gasteiger charge is 2.16. The molecule has 2 rings (SSSR count). The van der Waals surface area contributed by atoms with E-state index in [1.807, 2.05) is 0 Å². The summed E-state index contributed by atoms with van der Waals surface area (Å²) in [5.41, 5.74) is -0.225. The minimum atomic E-state index is -1.64. The fraction of sp³-hybridized carbons (Fsp3) is 0.0714. The first-order valence-corrected chi connectivity index (χ1v) is 5.40. The Balaban J connectivity index is 2.28. The number of carbonyl (C=O) groups is 1. The molecule has 19 heavy (non-hydrogen) atoms. The quantitative estimate of drug-likeness (QED) is 0.471. The number of rotatable bonds is 3. The second kappa shape index (κ2) is 5.22. The molecular formula is C14H8F4O. The highest BCUT2D eigenvalue weighted by Crippen LogP contribution is 2.16. The van der Waals surface area contributed by atoms with Crippen LogP contribution in [-0.4, -0.2) is 5.78 Å². The number of carbonyl (C=O) groups excluding carboxylic acids is 1. The molecule has 0 heterocycles. The van der Waals surface area contributed by atoms with E-state index >= 15 is 0 Å². The van der Waals surface area contributed by atoms with Crippen molar-refractivity contribution < 1.29 is 22.4 Å². The van der Waals surface area contributed by atoms with Gasteiger partial charge in [0, 0.05) is 12.0 Å². The van der Waals surface area contributed by atoms with Gasteiger partial charge in [0.1, 0.15) is 5.82 Å². The molecule has 0 spiro atoms. The van der Waals surface area contributed by atoms with E-state index in [0.717, 1.165) is 0 Å². The van der Waals surface area contributed by atoms with Crippen LogP contribution in [0.15, 0.2) is 36.4 Å². The fourth-order valence-corrected chi connectivity index (χ4v) is 1.63. The Morgan fingerprint density at radius 3 is 2.05 bits per heavy atom. The van der Waals surface area contributed by atoms with Gasteiger partial charge in [-0.3, -0.25) is 4.79 Å². The minimum Gasteiger partial charge on any atom is -0.294 e. The number of Topliss-reactive ketones (excluding diaryl/α,β-unsaturated/α-hetero) is 1. The minimum absolute atomic E-state index is 0.109. The normalized spacial score (nSPS) is 10.5. The van der Waals surface area contributed by atoms with Gasteiger partial charge >= 0.3 is 0 Å². The molecule has 0 N–H and O–H groups in total. The molecule has 0 fully saturated rings. The summed E-state index contributed by atoms with van der Waals surface area (Å²) in [5.74, 6) is -5.81. The van der Waals surface area contributed by atoms with Crippen LogP contribution in [0.5, 0.6) is 0 Å². The Hall–Kier alpha value is -2.17. The van der Waals surface area contributed by atoms with Crippen LogP contribution < -0.4 is 0 Å². The van der Waals surface area contributed by atoms with E-state index in [1.54, 1.807) is 0 Å². The van der Waals surface area contributed by atoms with Crippen LogP contribution in [0.4, 0.5) is 17.6 Å². The van der Waals surface area contributed by atoms with Gasteiger partial charge < -0.3 is 0 Å². The van der Waals surface area contributed by atoms with Crippen LogP contribution in [0, 0.1) is 23.3 Å². The topological polar surface area (TPSA) is 17.1 Å². The predicted octanol–water partition coefficient (Wildman–Crippen LogP) is 3.67. The van der Waals surface area contributed by atoms with Gasteiger partial charge in [0.2, 0.25) is 0 Å². The van der Waals surface area contributed by atoms with Crippen LogP contribution >= 0.6 is 0 Å². The van der Waals surface area contributed by atoms with Crippen molar-refractivity contribution in [2.75, 3.05) is 0 Å². The van der Waals surface area contributed by atoms with Gasteiger partial charge in [0.15, 0.2) is 23.2 Å². The Morgan fingerprint density at radius 1 is 0.895 bits per heavy atom. The van der Waals surface area contributed by atoms with Crippen molar-refractivity contribution in [3.8, 4) is 0 Å². The zero-order valence-electron chi connectivity index (χ0n) is 9.59. The molecule has 0 bridgehead atoms. The number of halogens is 4. The smallest absolute Gasteiger partial charge is 0.194 e. The maximum Gasteiger partial charge on any atom is 0.194 e. The maximum atomic E-state index is 13.3. The lowest BCUT2D eigenvalue weighted by Gasteiger charge is -2.04. The second-order valence-electron chi connectivity index (χ2n) is 3.95. The summed E-state index contributed by atoms with van der Waals surface area (Å²) in [6, 6.07) is 6.76. The molecule has 2 aromatic carbocycles. The third kappa shape index (κ3) is 2.81. The van der Waals surface area contributed by atoms with Crippen molar-refractivity contribution in [2.24, 2.45) is 0 Å². The Bertz CT molecular complexity index is 614. The lowest BCUT2D eigenvalue weighted by Crippen LogP contribution is -2.07. The first-order valence-electron chi connectivity index (χ1n) is 5.40. The lowest BCUT2D eigenvalue weighted by molar-refractivity contribution is 0.0990. The average Bonchev–Trinajstić information content (AvgIpc) is 2.38. The molecule has 98 valence electrons. The predicted molar refractivity (Wildman–Crippen MR) is 60.8 cm³/mol. The highest BCUT2D eigenvalue weighted by molar-refractivity contribution is 5.97. The molecule has 0 saturated heterocycles. The largest absolute Gasteiger partial charge is 0.294 e. The summed E-state index contributed by atoms with van der Waals surface area (Å²) in [6.45, 7) is 0. The molecule has 0 aromatic heterocycles. The summed E-state index contributed by atoms with van der Waals surface area (Å²) >= 11 is 0. The third-order valence-corrected chi connectivity index (χ3v) is 2.61. The molecular weight excluding hydrogens is 260 g/mol. The van der Waals surface area contributed by atoms with E-state index < -0.39 is 29.1 Å². The molecule has 0 amide bonds. The molecule has 1 nitrogen and oxygen atoms in total. The third-order valence-electron chi connectivity index (χ3n) is 2.61. The monoisotopic (exact) mass is 268 g/mol. The number of hydrogen-bond donors (Lipinski definition) is 0. The van der Waals surface area contributed by atoms with Gasteiger partial charge in [-0.1, -0.05) is 18.2 Å². The summed E-state index contributed by atoms with van der Waals surface area (Å²) in [5, 5.41) is 0. The van der Waals surface area contributed by atoms with E-state index in [2.05, 4.69) is 0 Å². The van der Waals surface area contributed by atoms with Crippen LogP contribution in [0.2, 0.25) is 0 Å². The van der Waals surface area contributed by atoms with Gasteiger partial charge in [-0.15, -0.1) is 0 Å². The first kappa shape index (κ1) is 13.3. The Labute approximate surface area is 106 Å². The fourth-order valence-electron chi connectivity index (χ4n) is 1.63. The van der Waals surface area contributed by atoms with Crippen LogP contribution in [0.1, 0.15) is 15.9 Å². The number of ketones is 1. The van der Waals surface area contributed by atoms with Gasteiger partial charge in [-0.05, 0) is 23.8 Å². The van der Waals surface area contributed by atoms with Crippen LogP contribution in [0.3, 0.4) is 0 Å². The maximum absolute atomic E-state index is 13.3. The zero-order valence-corrected chi connectivity index (χ0v) is 9.59. The molecule has 0 saturated carbocycles. The van der Waals surface area contributed by atoms with Gasteiger partial charge in [-0.25, -0.2) is 17.6 Å². The van der Waals surface area contributed by atoms with Gasteiger partial charge in [0.25, 0.3) is 0 Å². The molecule has 0 unspecified atom stereocenters. The van der Waals surface area contributed by atoms with Crippen molar-refractivity contribution >= 4 is 5.78 Å². The van der Waals surface area contributed by atoms with Crippen molar-refractivity contribution in [1.82, 2.24) is 0 Å².